The highest BCUT2D eigenvalue weighted by atomic mass is 32.2. The molecule has 0 unspecified atom stereocenters. The fourth-order valence-electron chi connectivity index (χ4n) is 1.87. The van der Waals surface area contributed by atoms with Crippen LogP contribution in [0.15, 0.2) is 36.5 Å². The molecule has 0 aliphatic carbocycles. The first-order valence-corrected chi connectivity index (χ1v) is 8.47. The number of aromatic nitrogens is 1. The van der Waals surface area contributed by atoms with Gasteiger partial charge in [-0.3, -0.25) is 9.52 Å². The molecule has 134 valence electrons. The molecule has 0 saturated heterocycles. The van der Waals surface area contributed by atoms with Gasteiger partial charge in [-0.25, -0.2) is 17.8 Å². The van der Waals surface area contributed by atoms with Crippen molar-refractivity contribution >= 4 is 27.3 Å². The maximum Gasteiger partial charge on any atom is 0.435 e. The van der Waals surface area contributed by atoms with Crippen LogP contribution in [-0.4, -0.2) is 25.6 Å². The fraction of sp³-hybridized carbons (Fsp3) is 0.143. The number of pyridine rings is 1. The van der Waals surface area contributed by atoms with Crippen LogP contribution in [0.2, 0.25) is 0 Å². The van der Waals surface area contributed by atoms with Gasteiger partial charge in [-0.2, -0.15) is 13.2 Å². The minimum absolute atomic E-state index is 0.122. The van der Waals surface area contributed by atoms with E-state index in [4.69, 9.17) is 0 Å². The Labute approximate surface area is 139 Å². The van der Waals surface area contributed by atoms with E-state index >= 15 is 0 Å². The number of benzene rings is 1. The summed E-state index contributed by atoms with van der Waals surface area (Å²) in [6.45, 7) is 0. The SMILES string of the molecule is CS(=O)(=O)Nc1ccnc(C(F)(F)F)c1NC(=O)c1ccc(F)cc1. The normalized spacial score (nSPS) is 11.9. The quantitative estimate of drug-likeness (QED) is 0.802. The Kier molecular flexibility index (Phi) is 4.97. The summed E-state index contributed by atoms with van der Waals surface area (Å²) in [4.78, 5) is 15.3. The molecule has 1 heterocycles. The van der Waals surface area contributed by atoms with E-state index in [0.29, 0.717) is 0 Å². The third-order valence-corrected chi connectivity index (χ3v) is 3.45. The van der Waals surface area contributed by atoms with Gasteiger partial charge >= 0.3 is 6.18 Å². The molecule has 0 fully saturated rings. The molecule has 1 amide bonds. The summed E-state index contributed by atoms with van der Waals surface area (Å²) in [5, 5.41) is 1.97. The van der Waals surface area contributed by atoms with Gasteiger partial charge in [-0.05, 0) is 30.3 Å². The lowest BCUT2D eigenvalue weighted by Crippen LogP contribution is -2.21. The first kappa shape index (κ1) is 18.6. The Hall–Kier alpha value is -2.69. The zero-order valence-corrected chi connectivity index (χ0v) is 13.4. The van der Waals surface area contributed by atoms with Crippen LogP contribution in [0.25, 0.3) is 0 Å². The number of carbonyl (C=O) groups is 1. The molecule has 0 saturated carbocycles. The summed E-state index contributed by atoms with van der Waals surface area (Å²) >= 11 is 0. The van der Waals surface area contributed by atoms with Gasteiger partial charge in [0.05, 0.1) is 17.6 Å². The summed E-state index contributed by atoms with van der Waals surface area (Å²) in [5.41, 5.74) is -2.95. The molecule has 0 bridgehead atoms. The Balaban J connectivity index is 2.49. The molecule has 25 heavy (non-hydrogen) atoms. The van der Waals surface area contributed by atoms with Gasteiger partial charge in [0.15, 0.2) is 5.69 Å². The number of amides is 1. The van der Waals surface area contributed by atoms with Crippen molar-refractivity contribution in [3.8, 4) is 0 Å². The van der Waals surface area contributed by atoms with Crippen molar-refractivity contribution in [1.29, 1.82) is 0 Å². The van der Waals surface area contributed by atoms with Gasteiger partial charge in [0, 0.05) is 11.8 Å². The van der Waals surface area contributed by atoms with Crippen LogP contribution in [0.4, 0.5) is 28.9 Å². The molecular formula is C14H11F4N3O3S. The lowest BCUT2D eigenvalue weighted by molar-refractivity contribution is -0.140. The maximum absolute atomic E-state index is 13.1. The first-order valence-electron chi connectivity index (χ1n) is 6.58. The third kappa shape index (κ3) is 4.89. The van der Waals surface area contributed by atoms with Gasteiger partial charge < -0.3 is 5.32 Å². The molecule has 0 radical (unpaired) electrons. The molecule has 0 spiro atoms. The number of anilines is 2. The summed E-state index contributed by atoms with van der Waals surface area (Å²) in [6.07, 6.45) is -3.45. The van der Waals surface area contributed by atoms with E-state index in [1.54, 1.807) is 0 Å². The van der Waals surface area contributed by atoms with Crippen LogP contribution in [0.3, 0.4) is 0 Å². The first-order chi connectivity index (χ1) is 11.5. The topological polar surface area (TPSA) is 88.2 Å². The number of nitrogens with one attached hydrogen (secondary N) is 2. The molecule has 2 rings (SSSR count). The largest absolute Gasteiger partial charge is 0.435 e. The molecule has 0 aliphatic heterocycles. The van der Waals surface area contributed by atoms with Crippen molar-refractivity contribution in [1.82, 2.24) is 4.98 Å². The van der Waals surface area contributed by atoms with E-state index in [1.807, 2.05) is 10.0 Å². The van der Waals surface area contributed by atoms with Crippen LogP contribution in [0.5, 0.6) is 0 Å². The van der Waals surface area contributed by atoms with Gasteiger partial charge in [0.25, 0.3) is 5.91 Å². The fourth-order valence-corrected chi connectivity index (χ4v) is 2.44. The number of nitrogens with zero attached hydrogens (tertiary/aromatic N) is 1. The minimum atomic E-state index is -4.94. The van der Waals surface area contributed by atoms with E-state index in [0.717, 1.165) is 42.8 Å². The summed E-state index contributed by atoms with van der Waals surface area (Å²) in [5.74, 6) is -1.62. The monoisotopic (exact) mass is 377 g/mol. The highest BCUT2D eigenvalue weighted by Crippen LogP contribution is 2.37. The standard InChI is InChI=1S/C14H11F4N3O3S/c1-25(23,24)21-10-6-7-19-12(14(16,17)18)11(10)20-13(22)8-2-4-9(15)5-3-8/h2-7H,1H3,(H,19,21)(H,20,22). The highest BCUT2D eigenvalue weighted by molar-refractivity contribution is 7.92. The predicted molar refractivity (Wildman–Crippen MR) is 82.1 cm³/mol. The second kappa shape index (κ2) is 6.67. The second-order valence-electron chi connectivity index (χ2n) is 4.92. The predicted octanol–water partition coefficient (Wildman–Crippen LogP) is 2.86. The highest BCUT2D eigenvalue weighted by Gasteiger charge is 2.37. The van der Waals surface area contributed by atoms with Crippen LogP contribution in [-0.2, 0) is 16.2 Å². The van der Waals surface area contributed by atoms with Crippen molar-refractivity contribution in [2.24, 2.45) is 0 Å². The maximum atomic E-state index is 13.1. The summed E-state index contributed by atoms with van der Waals surface area (Å²) < 4.78 is 76.8. The third-order valence-electron chi connectivity index (χ3n) is 2.86. The zero-order chi connectivity index (χ0) is 18.8. The van der Waals surface area contributed by atoms with Gasteiger partial charge in [-0.15, -0.1) is 0 Å². The van der Waals surface area contributed by atoms with Crippen LogP contribution in [0.1, 0.15) is 16.1 Å². The second-order valence-corrected chi connectivity index (χ2v) is 6.66. The minimum Gasteiger partial charge on any atom is -0.318 e. The van der Waals surface area contributed by atoms with E-state index in [2.05, 4.69) is 4.98 Å². The lowest BCUT2D eigenvalue weighted by atomic mass is 10.2. The average Bonchev–Trinajstić information content (AvgIpc) is 2.47. The molecule has 2 aromatic rings. The summed E-state index contributed by atoms with van der Waals surface area (Å²) in [7, 11) is -3.91. The number of alkyl halides is 3. The van der Waals surface area contributed by atoms with E-state index < -0.39 is 45.0 Å². The molecule has 11 heteroatoms. The van der Waals surface area contributed by atoms with Gasteiger partial charge in [0.1, 0.15) is 5.82 Å². The molecular weight excluding hydrogens is 366 g/mol. The molecule has 2 N–H and O–H groups in total. The van der Waals surface area contributed by atoms with Crippen LogP contribution < -0.4 is 10.0 Å². The Morgan fingerprint density at radius 1 is 1.12 bits per heavy atom. The number of hydrogen-bond acceptors (Lipinski definition) is 4. The van der Waals surface area contributed by atoms with Crippen molar-refractivity contribution in [2.45, 2.75) is 6.18 Å². The molecule has 1 aromatic heterocycles. The molecule has 1 aromatic carbocycles. The number of hydrogen-bond donors (Lipinski definition) is 2. The van der Waals surface area contributed by atoms with Crippen LogP contribution in [0, 0.1) is 5.82 Å². The van der Waals surface area contributed by atoms with E-state index in [-0.39, 0.29) is 5.56 Å². The number of carbonyl (C=O) groups excluding carboxylic acids is 1. The number of rotatable bonds is 4. The van der Waals surface area contributed by atoms with Crippen molar-refractivity contribution in [3.05, 3.63) is 53.6 Å². The lowest BCUT2D eigenvalue weighted by Gasteiger charge is -2.17. The Morgan fingerprint density at radius 3 is 2.24 bits per heavy atom. The zero-order valence-electron chi connectivity index (χ0n) is 12.6. The van der Waals surface area contributed by atoms with Crippen molar-refractivity contribution < 1.29 is 30.8 Å². The molecule has 0 atom stereocenters. The number of sulfonamides is 1. The van der Waals surface area contributed by atoms with Gasteiger partial charge in [0.2, 0.25) is 10.0 Å². The molecule has 6 nitrogen and oxygen atoms in total. The van der Waals surface area contributed by atoms with Crippen LogP contribution >= 0.6 is 0 Å². The average molecular weight is 377 g/mol. The summed E-state index contributed by atoms with van der Waals surface area (Å²) in [6, 6.07) is 5.02. The Morgan fingerprint density at radius 2 is 1.72 bits per heavy atom. The number of halogens is 4. The van der Waals surface area contributed by atoms with E-state index in [1.165, 1.54) is 0 Å². The smallest absolute Gasteiger partial charge is 0.318 e. The van der Waals surface area contributed by atoms with Crippen molar-refractivity contribution in [2.75, 3.05) is 16.3 Å². The van der Waals surface area contributed by atoms with Crippen molar-refractivity contribution in [3.63, 3.8) is 0 Å². The molecule has 0 aliphatic rings. The Bertz CT molecular complexity index is 897. The van der Waals surface area contributed by atoms with Gasteiger partial charge in [-0.1, -0.05) is 0 Å². The van der Waals surface area contributed by atoms with E-state index in [9.17, 15) is 30.8 Å².